The second-order valence-corrected chi connectivity index (χ2v) is 5.36. The summed E-state index contributed by atoms with van der Waals surface area (Å²) >= 11 is 0. The van der Waals surface area contributed by atoms with Crippen LogP contribution in [0.15, 0.2) is 61.2 Å². The molecule has 122 valence electrons. The largest absolute Gasteiger partial charge is 0.497 e. The van der Waals surface area contributed by atoms with Crippen molar-refractivity contribution < 1.29 is 9.53 Å². The molecule has 0 aliphatic rings. The number of hydrogen-bond donors (Lipinski definition) is 1. The molecule has 0 saturated carbocycles. The summed E-state index contributed by atoms with van der Waals surface area (Å²) in [5.74, 6) is 0.522. The number of carbonyl (C=O) groups excluding carboxylic acids is 1. The summed E-state index contributed by atoms with van der Waals surface area (Å²) in [5.41, 5.74) is 2.50. The molecule has 0 aliphatic carbocycles. The van der Waals surface area contributed by atoms with Crippen LogP contribution < -0.4 is 10.1 Å². The number of benzene rings is 2. The zero-order chi connectivity index (χ0) is 16.9. The van der Waals surface area contributed by atoms with E-state index in [1.807, 2.05) is 37.3 Å². The van der Waals surface area contributed by atoms with E-state index in [2.05, 4.69) is 15.4 Å². The summed E-state index contributed by atoms with van der Waals surface area (Å²) in [6.45, 7) is 1.95. The quantitative estimate of drug-likeness (QED) is 0.784. The highest BCUT2D eigenvalue weighted by atomic mass is 16.5. The van der Waals surface area contributed by atoms with E-state index in [1.54, 1.807) is 36.3 Å². The molecule has 2 aromatic carbocycles. The Bertz CT molecular complexity index is 813. The van der Waals surface area contributed by atoms with Gasteiger partial charge in [-0.1, -0.05) is 18.2 Å². The molecule has 3 aromatic rings. The Kier molecular flexibility index (Phi) is 4.56. The number of amides is 1. The minimum absolute atomic E-state index is 0.117. The third kappa shape index (κ3) is 3.43. The van der Waals surface area contributed by atoms with E-state index in [0.29, 0.717) is 11.3 Å². The highest BCUT2D eigenvalue weighted by Crippen LogP contribution is 2.17. The summed E-state index contributed by atoms with van der Waals surface area (Å²) in [6.07, 6.45) is 3.13. The van der Waals surface area contributed by atoms with E-state index in [-0.39, 0.29) is 11.9 Å². The summed E-state index contributed by atoms with van der Waals surface area (Å²) in [5, 5.41) is 7.08. The molecule has 1 N–H and O–H groups in total. The summed E-state index contributed by atoms with van der Waals surface area (Å²) in [4.78, 5) is 16.3. The third-order valence-electron chi connectivity index (χ3n) is 3.76. The molecule has 0 unspecified atom stereocenters. The zero-order valence-electron chi connectivity index (χ0n) is 13.5. The van der Waals surface area contributed by atoms with E-state index < -0.39 is 0 Å². The molecule has 6 heteroatoms. The lowest BCUT2D eigenvalue weighted by Gasteiger charge is -2.15. The monoisotopic (exact) mass is 322 g/mol. The molecule has 3 rings (SSSR count). The lowest BCUT2D eigenvalue weighted by atomic mass is 10.1. The van der Waals surface area contributed by atoms with Crippen molar-refractivity contribution in [3.8, 4) is 11.4 Å². The first-order chi connectivity index (χ1) is 11.7. The maximum Gasteiger partial charge on any atom is 0.251 e. The Labute approximate surface area is 140 Å². The highest BCUT2D eigenvalue weighted by molar-refractivity contribution is 5.94. The number of nitrogens with one attached hydrogen (secondary N) is 1. The van der Waals surface area contributed by atoms with Gasteiger partial charge >= 0.3 is 0 Å². The van der Waals surface area contributed by atoms with E-state index in [4.69, 9.17) is 4.74 Å². The van der Waals surface area contributed by atoms with Gasteiger partial charge in [0.15, 0.2) is 0 Å². The van der Waals surface area contributed by atoms with Crippen LogP contribution in [0.2, 0.25) is 0 Å². The van der Waals surface area contributed by atoms with Crippen molar-refractivity contribution in [1.82, 2.24) is 20.1 Å². The van der Waals surface area contributed by atoms with Gasteiger partial charge in [0.25, 0.3) is 5.91 Å². The predicted octanol–water partition coefficient (Wildman–Crippen LogP) is 2.77. The van der Waals surface area contributed by atoms with Crippen LogP contribution in [0.3, 0.4) is 0 Å². The van der Waals surface area contributed by atoms with Crippen molar-refractivity contribution in [3.05, 3.63) is 72.3 Å². The SMILES string of the molecule is COc1cccc(C(=O)N[C@H](C)c2ccc(-n3cncn3)cc2)c1. The average molecular weight is 322 g/mol. The topological polar surface area (TPSA) is 69.0 Å². The van der Waals surface area contributed by atoms with Gasteiger partial charge in [-0.25, -0.2) is 9.67 Å². The number of rotatable bonds is 5. The number of aromatic nitrogens is 3. The average Bonchev–Trinajstić information content (AvgIpc) is 3.16. The van der Waals surface area contributed by atoms with Gasteiger partial charge in [-0.2, -0.15) is 5.10 Å². The van der Waals surface area contributed by atoms with Crippen LogP contribution in [0, 0.1) is 0 Å². The molecule has 0 radical (unpaired) electrons. The lowest BCUT2D eigenvalue weighted by molar-refractivity contribution is 0.0939. The molecule has 0 spiro atoms. The summed E-state index contributed by atoms with van der Waals surface area (Å²) < 4.78 is 6.83. The van der Waals surface area contributed by atoms with Gasteiger partial charge in [0.1, 0.15) is 18.4 Å². The van der Waals surface area contributed by atoms with E-state index in [9.17, 15) is 4.79 Å². The maximum atomic E-state index is 12.4. The first-order valence-corrected chi connectivity index (χ1v) is 7.57. The van der Waals surface area contributed by atoms with Crippen LogP contribution in [-0.4, -0.2) is 27.8 Å². The standard InChI is InChI=1S/C18H18N4O2/c1-13(21-18(23)15-4-3-5-17(10-15)24-2)14-6-8-16(9-7-14)22-12-19-11-20-22/h3-13H,1-2H3,(H,21,23)/t13-/m1/s1. The second kappa shape index (κ2) is 6.95. The first-order valence-electron chi connectivity index (χ1n) is 7.57. The van der Waals surface area contributed by atoms with Crippen molar-refractivity contribution >= 4 is 5.91 Å². The number of hydrogen-bond acceptors (Lipinski definition) is 4. The normalized spacial score (nSPS) is 11.8. The first kappa shape index (κ1) is 15.7. The zero-order valence-corrected chi connectivity index (χ0v) is 13.5. The number of carbonyl (C=O) groups is 1. The van der Waals surface area contributed by atoms with Crippen molar-refractivity contribution in [1.29, 1.82) is 0 Å². The van der Waals surface area contributed by atoms with Gasteiger partial charge in [0.2, 0.25) is 0 Å². The van der Waals surface area contributed by atoms with Crippen LogP contribution in [-0.2, 0) is 0 Å². The molecule has 1 aromatic heterocycles. The van der Waals surface area contributed by atoms with Crippen molar-refractivity contribution in [2.24, 2.45) is 0 Å². The molecule has 1 amide bonds. The Morgan fingerprint density at radius 1 is 1.21 bits per heavy atom. The molecule has 24 heavy (non-hydrogen) atoms. The van der Waals surface area contributed by atoms with Gasteiger partial charge in [-0.3, -0.25) is 4.79 Å². The Balaban J connectivity index is 1.70. The molecule has 0 aliphatic heterocycles. The lowest BCUT2D eigenvalue weighted by Crippen LogP contribution is -2.26. The van der Waals surface area contributed by atoms with Gasteiger partial charge in [-0.15, -0.1) is 0 Å². The Morgan fingerprint density at radius 2 is 2.00 bits per heavy atom. The van der Waals surface area contributed by atoms with Gasteiger partial charge in [-0.05, 0) is 42.8 Å². The molecular formula is C18H18N4O2. The highest BCUT2D eigenvalue weighted by Gasteiger charge is 2.12. The van der Waals surface area contributed by atoms with Gasteiger partial charge in [0, 0.05) is 5.56 Å². The Hall–Kier alpha value is -3.15. The fraction of sp³-hybridized carbons (Fsp3) is 0.167. The van der Waals surface area contributed by atoms with Crippen LogP contribution in [0.25, 0.3) is 5.69 Å². The molecule has 1 atom stereocenters. The number of methoxy groups -OCH3 is 1. The molecule has 0 fully saturated rings. The minimum Gasteiger partial charge on any atom is -0.497 e. The summed E-state index contributed by atoms with van der Waals surface area (Å²) in [6, 6.07) is 14.8. The van der Waals surface area contributed by atoms with Crippen molar-refractivity contribution in [3.63, 3.8) is 0 Å². The van der Waals surface area contributed by atoms with Crippen LogP contribution >= 0.6 is 0 Å². The third-order valence-corrected chi connectivity index (χ3v) is 3.76. The fourth-order valence-corrected chi connectivity index (χ4v) is 2.38. The van der Waals surface area contributed by atoms with E-state index >= 15 is 0 Å². The predicted molar refractivity (Wildman–Crippen MR) is 90.2 cm³/mol. The second-order valence-electron chi connectivity index (χ2n) is 5.36. The number of nitrogens with zero attached hydrogens (tertiary/aromatic N) is 3. The molecule has 0 bridgehead atoms. The van der Waals surface area contributed by atoms with Crippen LogP contribution in [0.4, 0.5) is 0 Å². The van der Waals surface area contributed by atoms with Gasteiger partial charge < -0.3 is 10.1 Å². The van der Waals surface area contributed by atoms with E-state index in [1.165, 1.54) is 6.33 Å². The fourth-order valence-electron chi connectivity index (χ4n) is 2.38. The summed E-state index contributed by atoms with van der Waals surface area (Å²) in [7, 11) is 1.58. The maximum absolute atomic E-state index is 12.4. The Morgan fingerprint density at radius 3 is 2.67 bits per heavy atom. The molecule has 1 heterocycles. The van der Waals surface area contributed by atoms with Crippen molar-refractivity contribution in [2.75, 3.05) is 7.11 Å². The van der Waals surface area contributed by atoms with E-state index in [0.717, 1.165) is 11.3 Å². The molecule has 6 nitrogen and oxygen atoms in total. The molecule has 0 saturated heterocycles. The van der Waals surface area contributed by atoms with Crippen molar-refractivity contribution in [2.45, 2.75) is 13.0 Å². The smallest absolute Gasteiger partial charge is 0.251 e. The van der Waals surface area contributed by atoms with Crippen LogP contribution in [0.5, 0.6) is 5.75 Å². The van der Waals surface area contributed by atoms with Gasteiger partial charge in [0.05, 0.1) is 18.8 Å². The number of ether oxygens (including phenoxy) is 1. The minimum atomic E-state index is -0.137. The van der Waals surface area contributed by atoms with Crippen LogP contribution in [0.1, 0.15) is 28.9 Å². The molecular weight excluding hydrogens is 304 g/mol.